The summed E-state index contributed by atoms with van der Waals surface area (Å²) in [4.78, 5) is 37.2. The summed E-state index contributed by atoms with van der Waals surface area (Å²) in [6.07, 6.45) is 15.9. The third kappa shape index (κ3) is 12.1. The second-order valence-electron chi connectivity index (χ2n) is 10.6. The minimum Gasteiger partial charge on any atom is -0.490 e. The van der Waals surface area contributed by atoms with Crippen LogP contribution in [0.1, 0.15) is 67.7 Å². The molecule has 0 unspecified atom stereocenters. The number of hydrogen-bond acceptors (Lipinski definition) is 5. The normalized spacial score (nSPS) is 18.8. The third-order valence-electron chi connectivity index (χ3n) is 5.97. The zero-order chi connectivity index (χ0) is 28.7. The van der Waals surface area contributed by atoms with Gasteiger partial charge in [0, 0.05) is 24.8 Å². The SMILES string of the molecule is CC#CC[C@H](C)C/C=C\NC(=O)[C@@H](NC(=O)\C=C/C=C\C(C)=C\[C@H](C)[C@@H]1CC=C(OC)C(=O)O1)C(C)(C)C. The molecule has 0 saturated carbocycles. The first-order chi connectivity index (χ1) is 17.9. The van der Waals surface area contributed by atoms with Crippen molar-refractivity contribution in [3.8, 4) is 11.8 Å². The van der Waals surface area contributed by atoms with Crippen LogP contribution in [0, 0.1) is 29.1 Å². The standard InChI is InChI=1S/C31H44N2O5/c1-9-10-14-22(2)16-13-20-32-29(35)28(31(5,6)7)33-27(34)17-12-11-15-23(3)21-24(4)25-18-19-26(37-8)30(36)38-25/h11-13,15,17,19-22,24-25,28H,14,16,18H2,1-8H3,(H,32,35)(H,33,34)/b15-11-,17-12-,20-13-,23-21+/t22-,24-,25-,28+/m0/s1. The van der Waals surface area contributed by atoms with Crippen LogP contribution in [0.25, 0.3) is 0 Å². The number of allylic oxidation sites excluding steroid dienone is 5. The van der Waals surface area contributed by atoms with Crippen LogP contribution in [0.2, 0.25) is 0 Å². The van der Waals surface area contributed by atoms with Crippen LogP contribution in [-0.2, 0) is 23.9 Å². The molecule has 1 heterocycles. The number of esters is 1. The minimum absolute atomic E-state index is 0.0128. The van der Waals surface area contributed by atoms with Gasteiger partial charge in [-0.3, -0.25) is 9.59 Å². The van der Waals surface area contributed by atoms with Crippen molar-refractivity contribution in [3.63, 3.8) is 0 Å². The van der Waals surface area contributed by atoms with Crippen molar-refractivity contribution in [2.75, 3.05) is 7.11 Å². The molecule has 1 aliphatic rings. The molecule has 0 aliphatic carbocycles. The fourth-order valence-electron chi connectivity index (χ4n) is 3.72. The molecule has 0 aromatic heterocycles. The predicted molar refractivity (Wildman–Crippen MR) is 151 cm³/mol. The summed E-state index contributed by atoms with van der Waals surface area (Å²) in [6.45, 7) is 13.6. The molecule has 1 rings (SSSR count). The van der Waals surface area contributed by atoms with Gasteiger partial charge in [-0.15, -0.1) is 11.8 Å². The molecule has 38 heavy (non-hydrogen) atoms. The predicted octanol–water partition coefficient (Wildman–Crippen LogP) is 5.13. The van der Waals surface area contributed by atoms with Crippen molar-refractivity contribution in [1.82, 2.24) is 10.6 Å². The highest BCUT2D eigenvalue weighted by atomic mass is 16.6. The van der Waals surface area contributed by atoms with Gasteiger partial charge in [0.25, 0.3) is 0 Å². The molecule has 0 spiro atoms. The van der Waals surface area contributed by atoms with E-state index in [1.165, 1.54) is 13.2 Å². The van der Waals surface area contributed by atoms with E-state index in [1.807, 2.05) is 59.8 Å². The fourth-order valence-corrected chi connectivity index (χ4v) is 3.72. The first-order valence-corrected chi connectivity index (χ1v) is 13.0. The van der Waals surface area contributed by atoms with Crippen LogP contribution in [0.15, 0.2) is 60.1 Å². The first kappa shape index (κ1) is 32.5. The summed E-state index contributed by atoms with van der Waals surface area (Å²) in [5.74, 6) is 5.53. The van der Waals surface area contributed by atoms with Crippen molar-refractivity contribution in [2.24, 2.45) is 17.3 Å². The molecule has 4 atom stereocenters. The molecule has 7 heteroatoms. The van der Waals surface area contributed by atoms with Gasteiger partial charge < -0.3 is 20.1 Å². The van der Waals surface area contributed by atoms with Gasteiger partial charge in [-0.1, -0.05) is 70.6 Å². The number of hydrogen-bond donors (Lipinski definition) is 2. The smallest absolute Gasteiger partial charge is 0.373 e. The van der Waals surface area contributed by atoms with Gasteiger partial charge in [-0.2, -0.15) is 0 Å². The Morgan fingerprint density at radius 3 is 2.53 bits per heavy atom. The summed E-state index contributed by atoms with van der Waals surface area (Å²) in [7, 11) is 1.45. The molecular formula is C31H44N2O5. The number of methoxy groups -OCH3 is 1. The molecule has 0 aromatic carbocycles. The maximum Gasteiger partial charge on any atom is 0.373 e. The van der Waals surface area contributed by atoms with Crippen LogP contribution in [0.3, 0.4) is 0 Å². The molecule has 0 fully saturated rings. The Labute approximate surface area is 228 Å². The van der Waals surface area contributed by atoms with Gasteiger partial charge in [0.05, 0.1) is 7.11 Å². The van der Waals surface area contributed by atoms with Crippen LogP contribution in [0.4, 0.5) is 0 Å². The minimum atomic E-state index is -0.704. The highest BCUT2D eigenvalue weighted by Crippen LogP contribution is 2.23. The number of rotatable bonds is 12. The van der Waals surface area contributed by atoms with Gasteiger partial charge >= 0.3 is 5.97 Å². The summed E-state index contributed by atoms with van der Waals surface area (Å²) < 4.78 is 10.4. The van der Waals surface area contributed by atoms with Crippen LogP contribution in [0.5, 0.6) is 0 Å². The van der Waals surface area contributed by atoms with Crippen LogP contribution < -0.4 is 10.6 Å². The summed E-state index contributed by atoms with van der Waals surface area (Å²) in [5.41, 5.74) is 0.494. The Kier molecular flexibility index (Phi) is 14.0. The van der Waals surface area contributed by atoms with E-state index in [0.29, 0.717) is 12.3 Å². The number of ether oxygens (including phenoxy) is 2. The zero-order valence-corrected chi connectivity index (χ0v) is 24.1. The Morgan fingerprint density at radius 2 is 1.92 bits per heavy atom. The van der Waals surface area contributed by atoms with Crippen molar-refractivity contribution in [3.05, 3.63) is 60.1 Å². The molecule has 2 amide bonds. The average molecular weight is 525 g/mol. The maximum atomic E-state index is 12.8. The van der Waals surface area contributed by atoms with E-state index in [2.05, 4.69) is 29.4 Å². The number of carbonyl (C=O) groups is 3. The van der Waals surface area contributed by atoms with E-state index in [9.17, 15) is 14.4 Å². The quantitative estimate of drug-likeness (QED) is 0.160. The van der Waals surface area contributed by atoms with Crippen molar-refractivity contribution < 1.29 is 23.9 Å². The fraction of sp³-hybridized carbons (Fsp3) is 0.516. The van der Waals surface area contributed by atoms with Gasteiger partial charge in [-0.05, 0) is 43.9 Å². The van der Waals surface area contributed by atoms with Gasteiger partial charge in [0.1, 0.15) is 12.1 Å². The van der Waals surface area contributed by atoms with E-state index in [4.69, 9.17) is 9.47 Å². The van der Waals surface area contributed by atoms with Crippen LogP contribution in [-0.4, -0.2) is 37.0 Å². The van der Waals surface area contributed by atoms with E-state index in [0.717, 1.165) is 18.4 Å². The molecule has 208 valence electrons. The molecule has 0 saturated heterocycles. The highest BCUT2D eigenvalue weighted by Gasteiger charge is 2.32. The molecule has 1 aliphatic heterocycles. The first-order valence-electron chi connectivity index (χ1n) is 13.0. The van der Waals surface area contributed by atoms with Crippen molar-refractivity contribution in [2.45, 2.75) is 79.9 Å². The Bertz CT molecular complexity index is 1030. The Morgan fingerprint density at radius 1 is 1.24 bits per heavy atom. The number of nitrogens with one attached hydrogen (secondary N) is 2. The van der Waals surface area contributed by atoms with Gasteiger partial charge in [-0.25, -0.2) is 4.79 Å². The summed E-state index contributed by atoms with van der Waals surface area (Å²) >= 11 is 0. The lowest BCUT2D eigenvalue weighted by atomic mass is 9.86. The molecule has 0 bridgehead atoms. The topological polar surface area (TPSA) is 93.7 Å². The van der Waals surface area contributed by atoms with Crippen molar-refractivity contribution >= 4 is 17.8 Å². The third-order valence-corrected chi connectivity index (χ3v) is 5.97. The number of amides is 2. The van der Waals surface area contributed by atoms with E-state index >= 15 is 0 Å². The van der Waals surface area contributed by atoms with Crippen molar-refractivity contribution in [1.29, 1.82) is 0 Å². The number of cyclic esters (lactones) is 1. The van der Waals surface area contributed by atoms with Gasteiger partial charge in [0.2, 0.25) is 11.8 Å². The zero-order valence-electron chi connectivity index (χ0n) is 24.1. The summed E-state index contributed by atoms with van der Waals surface area (Å²) in [5, 5.41) is 5.59. The lowest BCUT2D eigenvalue weighted by molar-refractivity contribution is -0.151. The largest absolute Gasteiger partial charge is 0.490 e. The molecule has 7 nitrogen and oxygen atoms in total. The number of carbonyl (C=O) groups excluding carboxylic acids is 3. The molecule has 0 aromatic rings. The molecule has 2 N–H and O–H groups in total. The lowest BCUT2D eigenvalue weighted by Crippen LogP contribution is -2.52. The molecule has 0 radical (unpaired) electrons. The Hall–Kier alpha value is -3.53. The van der Waals surface area contributed by atoms with E-state index in [1.54, 1.807) is 24.4 Å². The van der Waals surface area contributed by atoms with Crippen LogP contribution >= 0.6 is 0 Å². The highest BCUT2D eigenvalue weighted by molar-refractivity contribution is 5.93. The summed E-state index contributed by atoms with van der Waals surface area (Å²) in [6, 6.07) is -0.704. The Balaban J connectivity index is 2.64. The lowest BCUT2D eigenvalue weighted by Gasteiger charge is -2.29. The maximum absolute atomic E-state index is 12.8. The second kappa shape index (κ2) is 16.3. The monoisotopic (exact) mass is 524 g/mol. The average Bonchev–Trinajstić information content (AvgIpc) is 2.85. The van der Waals surface area contributed by atoms with E-state index < -0.39 is 17.4 Å². The van der Waals surface area contributed by atoms with E-state index in [-0.39, 0.29) is 29.6 Å². The molecular weight excluding hydrogens is 480 g/mol. The second-order valence-corrected chi connectivity index (χ2v) is 10.6. The van der Waals surface area contributed by atoms with Gasteiger partial charge in [0.15, 0.2) is 5.76 Å².